The lowest BCUT2D eigenvalue weighted by atomic mass is 10.1. The Kier molecular flexibility index (Phi) is 4.35. The second kappa shape index (κ2) is 5.63. The van der Waals surface area contributed by atoms with Crippen molar-refractivity contribution in [3.05, 3.63) is 38.1 Å². The van der Waals surface area contributed by atoms with Gasteiger partial charge in [-0.25, -0.2) is 9.97 Å². The molecule has 0 aliphatic heterocycles. The first-order valence-corrected chi connectivity index (χ1v) is 7.29. The summed E-state index contributed by atoms with van der Waals surface area (Å²) in [6.45, 7) is 4.12. The molecule has 0 amide bonds. The molecule has 0 saturated heterocycles. The molecule has 0 N–H and O–H groups in total. The maximum absolute atomic E-state index is 6.02. The fourth-order valence-corrected chi connectivity index (χ4v) is 2.77. The van der Waals surface area contributed by atoms with E-state index in [0.29, 0.717) is 22.6 Å². The van der Waals surface area contributed by atoms with Crippen molar-refractivity contribution in [1.82, 2.24) is 15.0 Å². The number of rotatable bonds is 2. The van der Waals surface area contributed by atoms with E-state index in [4.69, 9.17) is 11.6 Å². The number of nitrogens with zero attached hydrogens (tertiary/aromatic N) is 3. The van der Waals surface area contributed by atoms with Crippen molar-refractivity contribution in [3.8, 4) is 11.5 Å². The van der Waals surface area contributed by atoms with Crippen LogP contribution in [0, 0.1) is 0 Å². The summed E-state index contributed by atoms with van der Waals surface area (Å²) in [6, 6.07) is 3.68. The third-order valence-corrected chi connectivity index (χ3v) is 3.56. The average Bonchev–Trinajstić information content (AvgIpc) is 2.27. The lowest BCUT2D eigenvalue weighted by molar-refractivity contribution is 0.815. The first-order chi connectivity index (χ1) is 8.47. The third-order valence-electron chi connectivity index (χ3n) is 2.33. The minimum Gasteiger partial charge on any atom is -0.251 e. The summed E-state index contributed by atoms with van der Waals surface area (Å²) in [7, 11) is 0. The molecule has 0 fully saturated rings. The Bertz CT molecular complexity index is 588. The highest BCUT2D eigenvalue weighted by Gasteiger charge is 2.12. The molecule has 0 unspecified atom stereocenters. The molecule has 0 saturated carbocycles. The van der Waals surface area contributed by atoms with Gasteiger partial charge in [-0.2, -0.15) is 0 Å². The van der Waals surface area contributed by atoms with E-state index < -0.39 is 0 Å². The van der Waals surface area contributed by atoms with Crippen molar-refractivity contribution in [2.75, 3.05) is 0 Å². The van der Waals surface area contributed by atoms with Crippen LogP contribution in [0.4, 0.5) is 0 Å². The third kappa shape index (κ3) is 3.08. The van der Waals surface area contributed by atoms with Crippen molar-refractivity contribution in [2.24, 2.45) is 0 Å². The maximum atomic E-state index is 6.02. The van der Waals surface area contributed by atoms with E-state index in [0.717, 1.165) is 14.6 Å². The molecule has 0 spiro atoms. The summed E-state index contributed by atoms with van der Waals surface area (Å²) in [5, 5.41) is 0.431. The molecule has 0 aromatic carbocycles. The quantitative estimate of drug-likeness (QED) is 0.688. The minimum absolute atomic E-state index is 0.290. The van der Waals surface area contributed by atoms with Crippen LogP contribution < -0.4 is 0 Å². The van der Waals surface area contributed by atoms with Crippen LogP contribution in [0.3, 0.4) is 0 Å². The summed E-state index contributed by atoms with van der Waals surface area (Å²) in [5.74, 6) is 0.823. The molecule has 3 nitrogen and oxygen atoms in total. The topological polar surface area (TPSA) is 38.7 Å². The zero-order valence-corrected chi connectivity index (χ0v) is 13.7. The predicted octanol–water partition coefficient (Wildman–Crippen LogP) is 4.84. The highest BCUT2D eigenvalue weighted by molar-refractivity contribution is 9.11. The molecule has 2 heterocycles. The van der Waals surface area contributed by atoms with Crippen LogP contribution in [0.1, 0.15) is 25.5 Å². The van der Waals surface area contributed by atoms with Crippen LogP contribution >= 0.6 is 43.5 Å². The van der Waals surface area contributed by atoms with E-state index in [2.05, 4.69) is 60.7 Å². The standard InChI is InChI=1S/C12H10Br2ClN3/c1-6(2)9-4-10(15)18-12(17-9)11-8(14)3-7(13)5-16-11/h3-6H,1-2H3. The highest BCUT2D eigenvalue weighted by atomic mass is 79.9. The molecule has 2 aromatic rings. The molecule has 2 aromatic heterocycles. The fourth-order valence-electron chi connectivity index (χ4n) is 1.42. The zero-order valence-electron chi connectivity index (χ0n) is 9.78. The first-order valence-electron chi connectivity index (χ1n) is 5.33. The van der Waals surface area contributed by atoms with Gasteiger partial charge in [0.1, 0.15) is 10.8 Å². The number of pyridine rings is 1. The Morgan fingerprint density at radius 1 is 1.17 bits per heavy atom. The molecule has 6 heteroatoms. The molecule has 0 aliphatic rings. The van der Waals surface area contributed by atoms with Crippen LogP contribution in [-0.4, -0.2) is 15.0 Å². The summed E-state index contributed by atoms with van der Waals surface area (Å²) >= 11 is 12.8. The molecular formula is C12H10Br2ClN3. The summed E-state index contributed by atoms with van der Waals surface area (Å²) in [5.41, 5.74) is 1.59. The number of halogens is 3. The second-order valence-corrected chi connectivity index (χ2v) is 6.24. The average molecular weight is 391 g/mol. The molecule has 0 bridgehead atoms. The Labute approximate surface area is 127 Å². The van der Waals surface area contributed by atoms with E-state index in [-0.39, 0.29) is 0 Å². The van der Waals surface area contributed by atoms with Gasteiger partial charge in [0.25, 0.3) is 0 Å². The van der Waals surface area contributed by atoms with Gasteiger partial charge in [-0.05, 0) is 49.9 Å². The van der Waals surface area contributed by atoms with E-state index in [9.17, 15) is 0 Å². The number of hydrogen-bond donors (Lipinski definition) is 0. The van der Waals surface area contributed by atoms with Gasteiger partial charge in [0.05, 0.1) is 0 Å². The molecule has 18 heavy (non-hydrogen) atoms. The minimum atomic E-state index is 0.290. The van der Waals surface area contributed by atoms with Crippen molar-refractivity contribution in [1.29, 1.82) is 0 Å². The summed E-state index contributed by atoms with van der Waals surface area (Å²) in [4.78, 5) is 13.0. The second-order valence-electron chi connectivity index (χ2n) is 4.08. The van der Waals surface area contributed by atoms with Gasteiger partial charge in [0.2, 0.25) is 0 Å². The van der Waals surface area contributed by atoms with Gasteiger partial charge >= 0.3 is 0 Å². The van der Waals surface area contributed by atoms with Crippen LogP contribution in [0.5, 0.6) is 0 Å². The maximum Gasteiger partial charge on any atom is 0.181 e. The Balaban J connectivity index is 2.56. The van der Waals surface area contributed by atoms with Crippen molar-refractivity contribution in [3.63, 3.8) is 0 Å². The van der Waals surface area contributed by atoms with Gasteiger partial charge in [-0.3, -0.25) is 4.98 Å². The van der Waals surface area contributed by atoms with E-state index in [1.54, 1.807) is 12.3 Å². The van der Waals surface area contributed by atoms with Gasteiger partial charge in [0.15, 0.2) is 5.82 Å². The van der Waals surface area contributed by atoms with Crippen LogP contribution in [-0.2, 0) is 0 Å². The summed E-state index contributed by atoms with van der Waals surface area (Å²) < 4.78 is 1.72. The normalized spacial score (nSPS) is 11.0. The molecule has 2 rings (SSSR count). The lowest BCUT2D eigenvalue weighted by Crippen LogP contribution is -1.99. The molecule has 0 radical (unpaired) electrons. The van der Waals surface area contributed by atoms with E-state index in [1.807, 2.05) is 6.07 Å². The van der Waals surface area contributed by atoms with Crippen molar-refractivity contribution >= 4 is 43.5 Å². The number of hydrogen-bond acceptors (Lipinski definition) is 3. The Hall–Kier alpha value is -0.520. The SMILES string of the molecule is CC(C)c1cc(Cl)nc(-c2ncc(Br)cc2Br)n1. The van der Waals surface area contributed by atoms with Gasteiger partial charge in [-0.1, -0.05) is 25.4 Å². The lowest BCUT2D eigenvalue weighted by Gasteiger charge is -2.08. The largest absolute Gasteiger partial charge is 0.251 e. The van der Waals surface area contributed by atoms with Gasteiger partial charge in [0, 0.05) is 20.8 Å². The van der Waals surface area contributed by atoms with Gasteiger partial charge < -0.3 is 0 Å². The van der Waals surface area contributed by atoms with Crippen LogP contribution in [0.25, 0.3) is 11.5 Å². The number of aromatic nitrogens is 3. The predicted molar refractivity (Wildman–Crippen MR) is 79.8 cm³/mol. The van der Waals surface area contributed by atoms with E-state index >= 15 is 0 Å². The zero-order chi connectivity index (χ0) is 13.3. The van der Waals surface area contributed by atoms with Crippen molar-refractivity contribution < 1.29 is 0 Å². The molecule has 94 valence electrons. The Morgan fingerprint density at radius 3 is 2.50 bits per heavy atom. The Morgan fingerprint density at radius 2 is 1.89 bits per heavy atom. The summed E-state index contributed by atoms with van der Waals surface area (Å²) in [6.07, 6.45) is 1.71. The van der Waals surface area contributed by atoms with Crippen LogP contribution in [0.2, 0.25) is 5.15 Å². The van der Waals surface area contributed by atoms with Crippen molar-refractivity contribution in [2.45, 2.75) is 19.8 Å². The monoisotopic (exact) mass is 389 g/mol. The van der Waals surface area contributed by atoms with Gasteiger partial charge in [-0.15, -0.1) is 0 Å². The van der Waals surface area contributed by atoms with Crippen LogP contribution in [0.15, 0.2) is 27.3 Å². The molecule has 0 atom stereocenters. The molecular weight excluding hydrogens is 381 g/mol. The highest BCUT2D eigenvalue weighted by Crippen LogP contribution is 2.28. The fraction of sp³-hybridized carbons (Fsp3) is 0.250. The van der Waals surface area contributed by atoms with E-state index in [1.165, 1.54) is 0 Å². The first kappa shape index (κ1) is 13.9. The smallest absolute Gasteiger partial charge is 0.181 e. The molecule has 0 aliphatic carbocycles.